The van der Waals surface area contributed by atoms with Gasteiger partial charge in [0, 0.05) is 17.0 Å². The zero-order valence-electron chi connectivity index (χ0n) is 10.7. The first kappa shape index (κ1) is 13.7. The van der Waals surface area contributed by atoms with Crippen LogP contribution in [0.2, 0.25) is 0 Å². The average molecular weight is 333 g/mol. The lowest BCUT2D eigenvalue weighted by Crippen LogP contribution is -2.39. The van der Waals surface area contributed by atoms with Crippen LogP contribution in [0.1, 0.15) is 31.2 Å². The van der Waals surface area contributed by atoms with Gasteiger partial charge in [-0.1, -0.05) is 0 Å². The molecule has 0 spiro atoms. The number of nitrogens with two attached hydrogens (primary N) is 1. The van der Waals surface area contributed by atoms with Gasteiger partial charge in [0.05, 0.1) is 11.0 Å². The third kappa shape index (κ3) is 2.80. The summed E-state index contributed by atoms with van der Waals surface area (Å²) in [6.07, 6.45) is 0.583. The number of ether oxygens (including phenoxy) is 1. The average Bonchev–Trinajstić information content (AvgIpc) is 2.52. The highest BCUT2D eigenvalue weighted by atomic mass is 79.9. The van der Waals surface area contributed by atoms with Crippen LogP contribution in [0.4, 0.5) is 9.80 Å². The van der Waals surface area contributed by atoms with Crippen LogP contribution in [0.3, 0.4) is 0 Å². The second kappa shape index (κ2) is 4.74. The molecular formula is C12H17BrN2O2S. The molecule has 0 unspecified atom stereocenters. The van der Waals surface area contributed by atoms with Crippen molar-refractivity contribution in [1.82, 2.24) is 4.90 Å². The molecule has 0 bridgehead atoms. The van der Waals surface area contributed by atoms with Gasteiger partial charge in [-0.3, -0.25) is 0 Å². The Morgan fingerprint density at radius 3 is 2.78 bits per heavy atom. The second-order valence-corrected chi connectivity index (χ2v) is 7.26. The lowest BCUT2D eigenvalue weighted by molar-refractivity contribution is 0.0225. The summed E-state index contributed by atoms with van der Waals surface area (Å²) in [6.45, 7) is 6.88. The van der Waals surface area contributed by atoms with Gasteiger partial charge in [-0.2, -0.15) is 0 Å². The van der Waals surface area contributed by atoms with Gasteiger partial charge in [-0.25, -0.2) is 4.79 Å². The van der Waals surface area contributed by atoms with E-state index < -0.39 is 5.60 Å². The molecule has 6 heteroatoms. The molecular weight excluding hydrogens is 316 g/mol. The van der Waals surface area contributed by atoms with E-state index in [-0.39, 0.29) is 6.09 Å². The van der Waals surface area contributed by atoms with E-state index in [1.54, 1.807) is 16.2 Å². The van der Waals surface area contributed by atoms with Gasteiger partial charge in [0.1, 0.15) is 10.6 Å². The SMILES string of the molecule is CC(C)(C)OC(=O)N1CCc2sc(N)c(Br)c2C1. The Bertz CT molecular complexity index is 479. The van der Waals surface area contributed by atoms with E-state index in [4.69, 9.17) is 10.5 Å². The minimum Gasteiger partial charge on any atom is -0.444 e. The Labute approximate surface area is 119 Å². The van der Waals surface area contributed by atoms with Crippen LogP contribution in [0, 0.1) is 0 Å². The molecule has 1 amide bonds. The van der Waals surface area contributed by atoms with Crippen LogP contribution < -0.4 is 5.73 Å². The molecule has 2 N–H and O–H groups in total. The summed E-state index contributed by atoms with van der Waals surface area (Å²) in [7, 11) is 0. The van der Waals surface area contributed by atoms with Gasteiger partial charge in [0.2, 0.25) is 0 Å². The summed E-state index contributed by atoms with van der Waals surface area (Å²) < 4.78 is 6.31. The minimum atomic E-state index is -0.456. The van der Waals surface area contributed by atoms with E-state index >= 15 is 0 Å². The van der Waals surface area contributed by atoms with Crippen molar-refractivity contribution < 1.29 is 9.53 Å². The highest BCUT2D eigenvalue weighted by Crippen LogP contribution is 2.38. The number of amides is 1. The van der Waals surface area contributed by atoms with Crippen LogP contribution >= 0.6 is 27.3 Å². The first-order chi connectivity index (χ1) is 8.28. The molecule has 1 aromatic rings. The van der Waals surface area contributed by atoms with Crippen molar-refractivity contribution in [3.05, 3.63) is 14.9 Å². The number of thiophene rings is 1. The third-order valence-electron chi connectivity index (χ3n) is 2.66. The normalized spacial score (nSPS) is 15.4. The Hall–Kier alpha value is -0.750. The van der Waals surface area contributed by atoms with Gasteiger partial charge in [0.25, 0.3) is 0 Å². The molecule has 0 radical (unpaired) electrons. The fraction of sp³-hybridized carbons (Fsp3) is 0.583. The summed E-state index contributed by atoms with van der Waals surface area (Å²) in [4.78, 5) is 15.0. The topological polar surface area (TPSA) is 55.6 Å². The van der Waals surface area contributed by atoms with Crippen LogP contribution in [0.15, 0.2) is 4.47 Å². The van der Waals surface area contributed by atoms with E-state index in [0.29, 0.717) is 13.1 Å². The fourth-order valence-electron chi connectivity index (χ4n) is 1.86. The molecule has 0 aliphatic carbocycles. The van der Waals surface area contributed by atoms with Gasteiger partial charge in [0.15, 0.2) is 0 Å². The van der Waals surface area contributed by atoms with Gasteiger partial charge < -0.3 is 15.4 Å². The number of anilines is 1. The Morgan fingerprint density at radius 2 is 2.17 bits per heavy atom. The molecule has 1 aromatic heterocycles. The molecule has 18 heavy (non-hydrogen) atoms. The maximum atomic E-state index is 12.0. The summed E-state index contributed by atoms with van der Waals surface area (Å²) in [5, 5.41) is 0.783. The number of carbonyl (C=O) groups excluding carboxylic acids is 1. The maximum Gasteiger partial charge on any atom is 0.410 e. The molecule has 2 heterocycles. The summed E-state index contributed by atoms with van der Waals surface area (Å²) in [5.41, 5.74) is 6.54. The quantitative estimate of drug-likeness (QED) is 0.792. The van der Waals surface area contributed by atoms with Crippen LogP contribution in [0.5, 0.6) is 0 Å². The van der Waals surface area contributed by atoms with E-state index in [0.717, 1.165) is 21.5 Å². The van der Waals surface area contributed by atoms with E-state index in [9.17, 15) is 4.79 Å². The Kier molecular flexibility index (Phi) is 3.60. The first-order valence-corrected chi connectivity index (χ1v) is 7.42. The smallest absolute Gasteiger partial charge is 0.410 e. The predicted octanol–water partition coefficient (Wildman–Crippen LogP) is 3.39. The van der Waals surface area contributed by atoms with Crippen molar-refractivity contribution in [3.63, 3.8) is 0 Å². The van der Waals surface area contributed by atoms with Crippen molar-refractivity contribution in [1.29, 1.82) is 0 Å². The lowest BCUT2D eigenvalue weighted by Gasteiger charge is -2.30. The van der Waals surface area contributed by atoms with Crippen LogP contribution in [-0.4, -0.2) is 23.1 Å². The molecule has 4 nitrogen and oxygen atoms in total. The molecule has 2 rings (SSSR count). The zero-order valence-corrected chi connectivity index (χ0v) is 13.2. The molecule has 0 saturated carbocycles. The van der Waals surface area contributed by atoms with Gasteiger partial charge in [-0.05, 0) is 43.1 Å². The summed E-state index contributed by atoms with van der Waals surface area (Å²) in [6, 6.07) is 0. The number of rotatable bonds is 0. The van der Waals surface area contributed by atoms with Crippen molar-refractivity contribution >= 4 is 38.4 Å². The molecule has 0 aromatic carbocycles. The maximum absolute atomic E-state index is 12.0. The number of hydrogen-bond acceptors (Lipinski definition) is 4. The Balaban J connectivity index is 2.12. The first-order valence-electron chi connectivity index (χ1n) is 5.81. The van der Waals surface area contributed by atoms with Crippen molar-refractivity contribution in [2.24, 2.45) is 0 Å². The largest absolute Gasteiger partial charge is 0.444 e. The van der Waals surface area contributed by atoms with Crippen molar-refractivity contribution in [2.75, 3.05) is 12.3 Å². The number of halogens is 1. The minimum absolute atomic E-state index is 0.259. The van der Waals surface area contributed by atoms with Crippen LogP contribution in [-0.2, 0) is 17.7 Å². The van der Waals surface area contributed by atoms with Crippen molar-refractivity contribution in [2.45, 2.75) is 39.3 Å². The number of nitrogens with zero attached hydrogens (tertiary/aromatic N) is 1. The second-order valence-electron chi connectivity index (χ2n) is 5.33. The number of carbonyl (C=O) groups is 1. The van der Waals surface area contributed by atoms with Gasteiger partial charge >= 0.3 is 6.09 Å². The third-order valence-corrected chi connectivity index (χ3v) is 4.95. The molecule has 1 aliphatic rings. The predicted molar refractivity (Wildman–Crippen MR) is 76.8 cm³/mol. The Morgan fingerprint density at radius 1 is 1.50 bits per heavy atom. The van der Waals surface area contributed by atoms with Gasteiger partial charge in [-0.15, -0.1) is 11.3 Å². The van der Waals surface area contributed by atoms with E-state index in [1.807, 2.05) is 20.8 Å². The fourth-order valence-corrected chi connectivity index (χ4v) is 3.56. The number of fused-ring (bicyclic) bond motifs is 1. The van der Waals surface area contributed by atoms with E-state index in [1.165, 1.54) is 4.88 Å². The highest BCUT2D eigenvalue weighted by molar-refractivity contribution is 9.10. The summed E-state index contributed by atoms with van der Waals surface area (Å²) in [5.74, 6) is 0. The lowest BCUT2D eigenvalue weighted by atomic mass is 10.1. The molecule has 0 saturated heterocycles. The molecule has 1 aliphatic heterocycles. The summed E-state index contributed by atoms with van der Waals surface area (Å²) >= 11 is 5.08. The standard InChI is InChI=1S/C12H17BrN2O2S/c1-12(2,3)17-11(16)15-5-4-8-7(6-15)9(13)10(14)18-8/h4-6,14H2,1-3H3. The number of nitrogen functional groups attached to an aromatic ring is 1. The monoisotopic (exact) mass is 332 g/mol. The molecule has 0 fully saturated rings. The molecule has 0 atom stereocenters. The van der Waals surface area contributed by atoms with E-state index in [2.05, 4.69) is 15.9 Å². The zero-order chi connectivity index (χ0) is 13.5. The van der Waals surface area contributed by atoms with Crippen LogP contribution in [0.25, 0.3) is 0 Å². The van der Waals surface area contributed by atoms with Crippen molar-refractivity contribution in [3.8, 4) is 0 Å². The number of hydrogen-bond donors (Lipinski definition) is 1. The molecule has 100 valence electrons. The highest BCUT2D eigenvalue weighted by Gasteiger charge is 2.28.